The number of pyridine rings is 1. The molecule has 1 N–H and O–H groups in total. The highest BCUT2D eigenvalue weighted by Gasteiger charge is 2.48. The summed E-state index contributed by atoms with van der Waals surface area (Å²) in [6.07, 6.45) is 6.23. The number of hydrogen-bond acceptors (Lipinski definition) is 4. The Morgan fingerprint density at radius 2 is 1.90 bits per heavy atom. The van der Waals surface area contributed by atoms with Crippen LogP contribution >= 0.6 is 9.47 Å². The average Bonchev–Trinajstić information content (AvgIpc) is 3.17. The number of aromatic nitrogens is 1. The van der Waals surface area contributed by atoms with E-state index >= 15 is 0 Å². The number of amides is 2. The number of carbonyl (C=O) groups is 2. The van der Waals surface area contributed by atoms with Gasteiger partial charge in [0.25, 0.3) is 11.8 Å². The summed E-state index contributed by atoms with van der Waals surface area (Å²) in [4.78, 5) is 41.1. The maximum atomic E-state index is 13.3. The Kier molecular flexibility index (Phi) is 5.30. The van der Waals surface area contributed by atoms with Crippen LogP contribution in [0.5, 0.6) is 5.75 Å². The van der Waals surface area contributed by atoms with Crippen LogP contribution in [0.4, 0.5) is 0 Å². The highest BCUT2D eigenvalue weighted by atomic mass is 31.0. The van der Waals surface area contributed by atoms with Gasteiger partial charge < -0.3 is 19.3 Å². The van der Waals surface area contributed by atoms with Crippen molar-refractivity contribution in [3.63, 3.8) is 0 Å². The van der Waals surface area contributed by atoms with Gasteiger partial charge >= 0.3 is 0 Å². The summed E-state index contributed by atoms with van der Waals surface area (Å²) in [5.41, 5.74) is 0.623. The second-order valence-corrected chi connectivity index (χ2v) is 8.96. The molecule has 162 valence electrons. The molecule has 0 radical (unpaired) electrons. The van der Waals surface area contributed by atoms with E-state index in [9.17, 15) is 14.4 Å². The fraction of sp³-hybridized carbons (Fsp3) is 0.435. The Morgan fingerprint density at radius 3 is 2.68 bits per heavy atom. The van der Waals surface area contributed by atoms with Gasteiger partial charge in [-0.05, 0) is 30.2 Å². The molecule has 0 spiro atoms. The lowest BCUT2D eigenvalue weighted by Crippen LogP contribution is -2.48. The maximum Gasteiger partial charge on any atom is 0.274 e. The lowest BCUT2D eigenvalue weighted by atomic mass is 9.78. The highest BCUT2D eigenvalue weighted by molar-refractivity contribution is 7.10. The Balaban J connectivity index is 1.47. The maximum absolute atomic E-state index is 13.3. The highest BCUT2D eigenvalue weighted by Crippen LogP contribution is 2.43. The molecule has 1 saturated carbocycles. The van der Waals surface area contributed by atoms with Crippen LogP contribution in [-0.2, 0) is 13.1 Å². The molecule has 3 aliphatic rings. The zero-order chi connectivity index (χ0) is 21.5. The molecule has 1 saturated heterocycles. The second kappa shape index (κ2) is 8.12. The quantitative estimate of drug-likeness (QED) is 0.743. The SMILES string of the molecule is O=C(NCc1ccccc1)c1cn2c(c(OP)c1=O)C(=O)N1C[C@H]3CCCCC3[C@H]1C2. The van der Waals surface area contributed by atoms with E-state index in [1.165, 1.54) is 19.0 Å². The van der Waals surface area contributed by atoms with Crippen molar-refractivity contribution < 1.29 is 14.1 Å². The number of rotatable bonds is 4. The predicted molar refractivity (Wildman–Crippen MR) is 119 cm³/mol. The zero-order valence-corrected chi connectivity index (χ0v) is 18.4. The first-order valence-electron chi connectivity index (χ1n) is 10.9. The minimum atomic E-state index is -0.560. The van der Waals surface area contributed by atoms with Crippen LogP contribution in [0.15, 0.2) is 41.3 Å². The van der Waals surface area contributed by atoms with Crippen molar-refractivity contribution in [3.05, 3.63) is 63.6 Å². The van der Waals surface area contributed by atoms with Gasteiger partial charge in [-0.3, -0.25) is 14.4 Å². The third-order valence-electron chi connectivity index (χ3n) is 7.04. The summed E-state index contributed by atoms with van der Waals surface area (Å²) in [6.45, 7) is 1.65. The van der Waals surface area contributed by atoms with Crippen LogP contribution < -0.4 is 15.3 Å². The van der Waals surface area contributed by atoms with Crippen LogP contribution in [0.1, 0.15) is 52.1 Å². The van der Waals surface area contributed by atoms with Crippen molar-refractivity contribution in [1.82, 2.24) is 14.8 Å². The molecular weight excluding hydrogens is 413 g/mol. The van der Waals surface area contributed by atoms with Gasteiger partial charge in [0.1, 0.15) is 5.56 Å². The normalized spacial score (nSPS) is 24.2. The number of carbonyl (C=O) groups excluding carboxylic acids is 2. The van der Waals surface area contributed by atoms with Gasteiger partial charge in [-0.1, -0.05) is 43.2 Å². The molecule has 2 aromatic rings. The molecule has 5 rings (SSSR count). The van der Waals surface area contributed by atoms with Crippen LogP contribution in [0.3, 0.4) is 0 Å². The van der Waals surface area contributed by atoms with Crippen molar-refractivity contribution in [2.75, 3.05) is 6.54 Å². The average molecular weight is 439 g/mol. The summed E-state index contributed by atoms with van der Waals surface area (Å²) in [6, 6.07) is 9.63. The van der Waals surface area contributed by atoms with E-state index < -0.39 is 11.3 Å². The topological polar surface area (TPSA) is 80.6 Å². The molecular formula is C23H26N3O4P. The van der Waals surface area contributed by atoms with E-state index in [2.05, 4.69) is 14.8 Å². The summed E-state index contributed by atoms with van der Waals surface area (Å²) in [5.74, 6) is 0.302. The molecule has 1 aromatic carbocycles. The first kappa shape index (κ1) is 20.3. The van der Waals surface area contributed by atoms with Crippen LogP contribution in [0, 0.1) is 11.8 Å². The van der Waals surface area contributed by atoms with Gasteiger partial charge in [-0.25, -0.2) is 0 Å². The zero-order valence-electron chi connectivity index (χ0n) is 17.3. The largest absolute Gasteiger partial charge is 0.474 e. The van der Waals surface area contributed by atoms with Crippen molar-refractivity contribution >= 4 is 21.3 Å². The molecule has 4 atom stereocenters. The van der Waals surface area contributed by atoms with E-state index in [0.29, 0.717) is 24.9 Å². The minimum absolute atomic E-state index is 0.00317. The summed E-state index contributed by atoms with van der Waals surface area (Å²) in [7, 11) is 2.05. The van der Waals surface area contributed by atoms with Gasteiger partial charge in [0.15, 0.2) is 11.4 Å². The van der Waals surface area contributed by atoms with Crippen molar-refractivity contribution in [1.29, 1.82) is 0 Å². The fourth-order valence-electron chi connectivity index (χ4n) is 5.54. The third kappa shape index (κ3) is 3.45. The number of fused-ring (bicyclic) bond motifs is 4. The Labute approximate surface area is 183 Å². The molecule has 1 aromatic heterocycles. The molecule has 2 fully saturated rings. The summed E-state index contributed by atoms with van der Waals surface area (Å²) in [5, 5.41) is 2.81. The van der Waals surface area contributed by atoms with Gasteiger partial charge in [0.05, 0.1) is 15.5 Å². The number of nitrogens with zero attached hydrogens (tertiary/aromatic N) is 2. The molecule has 31 heavy (non-hydrogen) atoms. The standard InChI is InChI=1S/C23H26N3O4P/c27-20-17(22(28)24-10-14-6-2-1-3-7-14)12-25-13-18-16-9-5-4-8-15(16)11-26(18)23(29)19(25)21(20)30-31/h1-3,6-7,12,15-16,18H,4-5,8-11,13,31H2,(H,24,28)/t15-,16?,18-/m1/s1. The first-order chi connectivity index (χ1) is 15.1. The van der Waals surface area contributed by atoms with E-state index in [0.717, 1.165) is 24.9 Å². The molecule has 2 aliphatic heterocycles. The van der Waals surface area contributed by atoms with Crippen LogP contribution in [0.25, 0.3) is 0 Å². The predicted octanol–water partition coefficient (Wildman–Crippen LogP) is 2.59. The van der Waals surface area contributed by atoms with Crippen molar-refractivity contribution in [2.24, 2.45) is 11.8 Å². The Bertz CT molecular complexity index is 1080. The first-order valence-corrected chi connectivity index (χ1v) is 11.3. The molecule has 1 aliphatic carbocycles. The van der Waals surface area contributed by atoms with Crippen LogP contribution in [-0.4, -0.2) is 33.9 Å². The Hall–Kier alpha value is -2.66. The molecule has 2 unspecified atom stereocenters. The van der Waals surface area contributed by atoms with E-state index in [-0.39, 0.29) is 29.0 Å². The lowest BCUT2D eigenvalue weighted by molar-refractivity contribution is 0.0629. The van der Waals surface area contributed by atoms with Gasteiger partial charge in [-0.2, -0.15) is 0 Å². The third-order valence-corrected chi connectivity index (χ3v) is 7.27. The second-order valence-electron chi connectivity index (χ2n) is 8.72. The van der Waals surface area contributed by atoms with Gasteiger partial charge in [0, 0.05) is 25.8 Å². The van der Waals surface area contributed by atoms with Crippen molar-refractivity contribution in [3.8, 4) is 5.75 Å². The summed E-state index contributed by atoms with van der Waals surface area (Å²) < 4.78 is 7.05. The molecule has 2 amide bonds. The van der Waals surface area contributed by atoms with Gasteiger partial charge in [0.2, 0.25) is 5.43 Å². The van der Waals surface area contributed by atoms with Crippen molar-refractivity contribution in [2.45, 2.75) is 44.8 Å². The molecule has 3 heterocycles. The lowest BCUT2D eigenvalue weighted by Gasteiger charge is -2.36. The van der Waals surface area contributed by atoms with E-state index in [1.54, 1.807) is 4.57 Å². The number of benzene rings is 1. The number of hydrogen-bond donors (Lipinski definition) is 1. The smallest absolute Gasteiger partial charge is 0.274 e. The fourth-order valence-corrected chi connectivity index (χ4v) is 5.76. The summed E-state index contributed by atoms with van der Waals surface area (Å²) >= 11 is 0. The van der Waals surface area contributed by atoms with E-state index in [4.69, 9.17) is 4.52 Å². The molecule has 7 nitrogen and oxygen atoms in total. The Morgan fingerprint density at radius 1 is 1.13 bits per heavy atom. The van der Waals surface area contributed by atoms with E-state index in [1.807, 2.05) is 35.2 Å². The molecule has 0 bridgehead atoms. The van der Waals surface area contributed by atoms with Crippen LogP contribution in [0.2, 0.25) is 0 Å². The monoisotopic (exact) mass is 439 g/mol. The molecule has 8 heteroatoms. The number of nitrogens with one attached hydrogen (secondary N) is 1. The van der Waals surface area contributed by atoms with Gasteiger partial charge in [-0.15, -0.1) is 0 Å². The minimum Gasteiger partial charge on any atom is -0.474 e.